The van der Waals surface area contributed by atoms with Gasteiger partial charge in [-0.3, -0.25) is 0 Å². The molecule has 110 valence electrons. The Morgan fingerprint density at radius 2 is 1.81 bits per heavy atom. The van der Waals surface area contributed by atoms with Crippen molar-refractivity contribution in [2.75, 3.05) is 5.32 Å². The van der Waals surface area contributed by atoms with Crippen LogP contribution < -0.4 is 5.32 Å². The number of nitrogens with one attached hydrogen (secondary N) is 1. The van der Waals surface area contributed by atoms with Crippen LogP contribution in [0.5, 0.6) is 0 Å². The van der Waals surface area contributed by atoms with Gasteiger partial charge in [-0.15, -0.1) is 0 Å². The Morgan fingerprint density at radius 1 is 1.10 bits per heavy atom. The van der Waals surface area contributed by atoms with Gasteiger partial charge in [-0.25, -0.2) is 18.0 Å². The second-order valence-corrected chi connectivity index (χ2v) is 4.64. The van der Waals surface area contributed by atoms with Crippen molar-refractivity contribution in [1.82, 2.24) is 0 Å². The van der Waals surface area contributed by atoms with E-state index in [0.717, 1.165) is 12.1 Å². The van der Waals surface area contributed by atoms with E-state index in [1.165, 1.54) is 12.1 Å². The molecule has 0 unspecified atom stereocenters. The lowest BCUT2D eigenvalue weighted by Crippen LogP contribution is -2.07. The van der Waals surface area contributed by atoms with Gasteiger partial charge in [0.2, 0.25) is 0 Å². The minimum atomic E-state index is -1.52. The normalized spacial score (nSPS) is 10.5. The molecule has 7 heteroatoms. The van der Waals surface area contributed by atoms with E-state index in [0.29, 0.717) is 11.1 Å². The van der Waals surface area contributed by atoms with Gasteiger partial charge >= 0.3 is 5.97 Å². The van der Waals surface area contributed by atoms with E-state index in [1.807, 2.05) is 0 Å². The average Bonchev–Trinajstić information content (AvgIpc) is 2.41. The monoisotopic (exact) mass is 315 g/mol. The molecule has 0 saturated carbocycles. The van der Waals surface area contributed by atoms with Gasteiger partial charge in [0.05, 0.1) is 11.3 Å². The Bertz CT molecular complexity index is 707. The number of carbonyl (C=O) groups is 1. The molecule has 2 aromatic carbocycles. The minimum absolute atomic E-state index is 0.131. The summed E-state index contributed by atoms with van der Waals surface area (Å²) in [6.07, 6.45) is 0. The van der Waals surface area contributed by atoms with Crippen LogP contribution >= 0.6 is 11.6 Å². The van der Waals surface area contributed by atoms with E-state index in [9.17, 15) is 18.0 Å². The molecule has 2 N–H and O–H groups in total. The lowest BCUT2D eigenvalue weighted by atomic mass is 10.1. The standard InChI is InChI=1S/C14H9ClF3NO2/c15-8-1-2-10(16)7(3-8)6-19-13-4-9(14(20)21)11(17)5-12(13)18/h1-5,19H,6H2,(H,20,21). The van der Waals surface area contributed by atoms with Crippen molar-refractivity contribution < 1.29 is 23.1 Å². The highest BCUT2D eigenvalue weighted by atomic mass is 35.5. The van der Waals surface area contributed by atoms with Crippen molar-refractivity contribution in [3.63, 3.8) is 0 Å². The molecule has 2 rings (SSSR count). The highest BCUT2D eigenvalue weighted by Gasteiger charge is 2.15. The number of aromatic carboxylic acids is 1. The maximum Gasteiger partial charge on any atom is 0.338 e. The zero-order valence-electron chi connectivity index (χ0n) is 10.5. The number of rotatable bonds is 4. The van der Waals surface area contributed by atoms with E-state index in [4.69, 9.17) is 16.7 Å². The topological polar surface area (TPSA) is 49.3 Å². The second kappa shape index (κ2) is 6.05. The highest BCUT2D eigenvalue weighted by molar-refractivity contribution is 6.30. The third kappa shape index (κ3) is 3.46. The van der Waals surface area contributed by atoms with Crippen LogP contribution in [0.4, 0.5) is 18.9 Å². The molecule has 0 bridgehead atoms. The largest absolute Gasteiger partial charge is 0.478 e. The van der Waals surface area contributed by atoms with Gasteiger partial charge in [-0.05, 0) is 24.3 Å². The van der Waals surface area contributed by atoms with E-state index in [-0.39, 0.29) is 17.8 Å². The first kappa shape index (κ1) is 15.2. The lowest BCUT2D eigenvalue weighted by Gasteiger charge is -2.10. The molecule has 0 aromatic heterocycles. The van der Waals surface area contributed by atoms with Crippen molar-refractivity contribution in [3.05, 3.63) is 63.9 Å². The molecular weight excluding hydrogens is 307 g/mol. The van der Waals surface area contributed by atoms with Gasteiger partial charge in [-0.2, -0.15) is 0 Å². The summed E-state index contributed by atoms with van der Waals surface area (Å²) in [5.41, 5.74) is -0.748. The van der Waals surface area contributed by atoms with Crippen molar-refractivity contribution in [3.8, 4) is 0 Å². The summed E-state index contributed by atoms with van der Waals surface area (Å²) >= 11 is 5.72. The first-order valence-electron chi connectivity index (χ1n) is 5.78. The van der Waals surface area contributed by atoms with Gasteiger partial charge in [0.1, 0.15) is 17.5 Å². The number of carboxylic acids is 1. The van der Waals surface area contributed by atoms with Gasteiger partial charge in [0.15, 0.2) is 0 Å². The molecule has 0 aliphatic carbocycles. The molecular formula is C14H9ClF3NO2. The second-order valence-electron chi connectivity index (χ2n) is 4.21. The van der Waals surface area contributed by atoms with Crippen molar-refractivity contribution in [1.29, 1.82) is 0 Å². The molecule has 0 atom stereocenters. The minimum Gasteiger partial charge on any atom is -0.478 e. The number of hydrogen-bond acceptors (Lipinski definition) is 2. The van der Waals surface area contributed by atoms with Crippen LogP contribution in [0.2, 0.25) is 5.02 Å². The molecule has 0 radical (unpaired) electrons. The summed E-state index contributed by atoms with van der Waals surface area (Å²) in [4.78, 5) is 10.8. The molecule has 0 aliphatic heterocycles. The maximum absolute atomic E-state index is 13.6. The summed E-state index contributed by atoms with van der Waals surface area (Å²) in [7, 11) is 0. The third-order valence-corrected chi connectivity index (χ3v) is 3.00. The summed E-state index contributed by atoms with van der Waals surface area (Å²) in [5, 5.41) is 11.6. The number of benzene rings is 2. The van der Waals surface area contributed by atoms with Gasteiger partial charge in [0, 0.05) is 23.2 Å². The van der Waals surface area contributed by atoms with Gasteiger partial charge < -0.3 is 10.4 Å². The fraction of sp³-hybridized carbons (Fsp3) is 0.0714. The molecule has 0 heterocycles. The van der Waals surface area contributed by atoms with Gasteiger partial charge in [0.25, 0.3) is 0 Å². The van der Waals surface area contributed by atoms with Crippen LogP contribution in [0, 0.1) is 17.5 Å². The molecule has 0 fully saturated rings. The van der Waals surface area contributed by atoms with Crippen molar-refractivity contribution in [2.24, 2.45) is 0 Å². The van der Waals surface area contributed by atoms with Crippen LogP contribution in [0.3, 0.4) is 0 Å². The van der Waals surface area contributed by atoms with Crippen LogP contribution in [-0.2, 0) is 6.54 Å². The number of hydrogen-bond donors (Lipinski definition) is 2. The zero-order chi connectivity index (χ0) is 15.6. The van der Waals surface area contributed by atoms with Crippen LogP contribution in [0.1, 0.15) is 15.9 Å². The molecule has 0 aliphatic rings. The molecule has 3 nitrogen and oxygen atoms in total. The number of halogens is 4. The van der Waals surface area contributed by atoms with Gasteiger partial charge in [-0.1, -0.05) is 11.6 Å². The Labute approximate surface area is 123 Å². The van der Waals surface area contributed by atoms with E-state index >= 15 is 0 Å². The summed E-state index contributed by atoms with van der Waals surface area (Å²) < 4.78 is 40.3. The van der Waals surface area contributed by atoms with E-state index in [1.54, 1.807) is 0 Å². The Morgan fingerprint density at radius 3 is 2.48 bits per heavy atom. The maximum atomic E-state index is 13.6. The third-order valence-electron chi connectivity index (χ3n) is 2.76. The zero-order valence-corrected chi connectivity index (χ0v) is 11.2. The molecule has 0 saturated heterocycles. The molecule has 0 amide bonds. The first-order valence-corrected chi connectivity index (χ1v) is 6.16. The summed E-state index contributed by atoms with van der Waals surface area (Å²) in [5.74, 6) is -4.23. The highest BCUT2D eigenvalue weighted by Crippen LogP contribution is 2.22. The van der Waals surface area contributed by atoms with E-state index < -0.39 is 29.0 Å². The molecule has 21 heavy (non-hydrogen) atoms. The summed E-state index contributed by atoms with van der Waals surface area (Å²) in [6, 6.07) is 5.14. The average molecular weight is 316 g/mol. The predicted octanol–water partition coefficient (Wildman–Crippen LogP) is 4.07. The fourth-order valence-electron chi connectivity index (χ4n) is 1.72. The fourth-order valence-corrected chi connectivity index (χ4v) is 1.91. The molecule has 0 spiro atoms. The Hall–Kier alpha value is -2.21. The Kier molecular flexibility index (Phi) is 4.37. The first-order chi connectivity index (χ1) is 9.88. The quantitative estimate of drug-likeness (QED) is 0.894. The van der Waals surface area contributed by atoms with Crippen LogP contribution in [-0.4, -0.2) is 11.1 Å². The summed E-state index contributed by atoms with van der Waals surface area (Å²) in [6.45, 7) is -0.131. The van der Waals surface area contributed by atoms with Crippen molar-refractivity contribution in [2.45, 2.75) is 6.54 Å². The lowest BCUT2D eigenvalue weighted by molar-refractivity contribution is 0.0692. The van der Waals surface area contributed by atoms with Crippen molar-refractivity contribution >= 4 is 23.3 Å². The molecule has 2 aromatic rings. The predicted molar refractivity (Wildman–Crippen MR) is 72.1 cm³/mol. The Balaban J connectivity index is 2.25. The van der Waals surface area contributed by atoms with Crippen LogP contribution in [0.15, 0.2) is 30.3 Å². The smallest absolute Gasteiger partial charge is 0.338 e. The SMILES string of the molecule is O=C(O)c1cc(NCc2cc(Cl)ccc2F)c(F)cc1F. The van der Waals surface area contributed by atoms with E-state index in [2.05, 4.69) is 5.32 Å². The number of carboxylic acid groups (broad SMARTS) is 1. The van der Waals surface area contributed by atoms with Crippen LogP contribution in [0.25, 0.3) is 0 Å². The number of anilines is 1.